The molecule has 27 heavy (non-hydrogen) atoms. The number of ether oxygens (including phenoxy) is 1. The van der Waals surface area contributed by atoms with Gasteiger partial charge in [-0.15, -0.1) is 0 Å². The van der Waals surface area contributed by atoms with Crippen molar-refractivity contribution < 1.29 is 23.5 Å². The Balaban J connectivity index is 1.57. The van der Waals surface area contributed by atoms with E-state index in [4.69, 9.17) is 4.74 Å². The largest absolute Gasteiger partial charge is 0.497 e. The van der Waals surface area contributed by atoms with Crippen LogP contribution in [-0.2, 0) is 9.59 Å². The normalized spacial score (nSPS) is 16.1. The summed E-state index contributed by atoms with van der Waals surface area (Å²) in [5.41, 5.74) is 5.11. The molecule has 1 atom stereocenters. The molecule has 1 aliphatic rings. The molecule has 3 amide bonds. The number of carbonyl (C=O) groups excluding carboxylic acids is 3. The molecule has 0 bridgehead atoms. The van der Waals surface area contributed by atoms with E-state index < -0.39 is 23.5 Å². The van der Waals surface area contributed by atoms with E-state index in [0.717, 1.165) is 0 Å². The minimum atomic E-state index is -0.687. The Morgan fingerprint density at radius 2 is 1.81 bits per heavy atom. The third-order valence-electron chi connectivity index (χ3n) is 4.29. The number of rotatable bonds is 4. The summed E-state index contributed by atoms with van der Waals surface area (Å²) in [7, 11) is 1.52. The minimum Gasteiger partial charge on any atom is -0.497 e. The number of hydrogen-bond acceptors (Lipinski definition) is 4. The highest BCUT2D eigenvalue weighted by molar-refractivity contribution is 6.01. The molecule has 140 valence electrons. The van der Waals surface area contributed by atoms with Crippen LogP contribution in [-0.4, -0.2) is 31.4 Å². The van der Waals surface area contributed by atoms with Crippen LogP contribution in [0.3, 0.4) is 0 Å². The van der Waals surface area contributed by atoms with Crippen molar-refractivity contribution in [2.45, 2.75) is 6.42 Å². The standard InChI is InChI=1S/C19H18FN3O4/c1-27-14-8-6-12(7-9-14)18(25)21-22-19(26)13-10-17(24)23(11-13)16-5-3-2-4-15(16)20/h2-9,13H,10-11H2,1H3,(H,21,25)(H,22,26)/t13-/m1/s1. The summed E-state index contributed by atoms with van der Waals surface area (Å²) in [6.07, 6.45) is -0.0570. The fraction of sp³-hybridized carbons (Fsp3) is 0.211. The van der Waals surface area contributed by atoms with E-state index in [0.29, 0.717) is 11.3 Å². The molecule has 1 saturated heterocycles. The van der Waals surface area contributed by atoms with Crippen LogP contribution in [0.1, 0.15) is 16.8 Å². The summed E-state index contributed by atoms with van der Waals surface area (Å²) in [5, 5.41) is 0. The maximum Gasteiger partial charge on any atom is 0.269 e. The van der Waals surface area contributed by atoms with E-state index in [2.05, 4.69) is 10.9 Å². The Hall–Kier alpha value is -3.42. The molecule has 0 aliphatic carbocycles. The van der Waals surface area contributed by atoms with E-state index in [1.165, 1.54) is 30.2 Å². The van der Waals surface area contributed by atoms with Gasteiger partial charge in [-0.25, -0.2) is 4.39 Å². The molecule has 8 heteroatoms. The number of benzene rings is 2. The van der Waals surface area contributed by atoms with Crippen LogP contribution < -0.4 is 20.5 Å². The molecule has 2 aromatic carbocycles. The first kappa shape index (κ1) is 18.4. The monoisotopic (exact) mass is 371 g/mol. The van der Waals surface area contributed by atoms with Crippen molar-refractivity contribution in [1.82, 2.24) is 10.9 Å². The van der Waals surface area contributed by atoms with Crippen molar-refractivity contribution in [2.24, 2.45) is 5.92 Å². The SMILES string of the molecule is COc1ccc(C(=O)NNC(=O)[C@@H]2CC(=O)N(c3ccccc3F)C2)cc1. The first-order chi connectivity index (χ1) is 13.0. The average molecular weight is 371 g/mol. The molecule has 0 unspecified atom stereocenters. The van der Waals surface area contributed by atoms with Gasteiger partial charge >= 0.3 is 0 Å². The molecule has 1 aliphatic heterocycles. The van der Waals surface area contributed by atoms with Gasteiger partial charge < -0.3 is 9.64 Å². The molecule has 2 N–H and O–H groups in total. The van der Waals surface area contributed by atoms with Crippen LogP contribution in [0.15, 0.2) is 48.5 Å². The Morgan fingerprint density at radius 3 is 2.48 bits per heavy atom. The quantitative estimate of drug-likeness (QED) is 0.800. The molecule has 7 nitrogen and oxygen atoms in total. The van der Waals surface area contributed by atoms with E-state index in [9.17, 15) is 18.8 Å². The van der Waals surface area contributed by atoms with Crippen LogP contribution >= 0.6 is 0 Å². The Kier molecular flexibility index (Phi) is 5.35. The second-order valence-electron chi connectivity index (χ2n) is 6.03. The summed E-state index contributed by atoms with van der Waals surface area (Å²) in [6.45, 7) is 0.0456. The van der Waals surface area contributed by atoms with Crippen LogP contribution in [0, 0.1) is 11.7 Å². The second-order valence-corrected chi connectivity index (χ2v) is 6.03. The van der Waals surface area contributed by atoms with E-state index in [-0.39, 0.29) is 24.6 Å². The van der Waals surface area contributed by atoms with Crippen LogP contribution in [0.4, 0.5) is 10.1 Å². The van der Waals surface area contributed by atoms with Gasteiger partial charge in [0.15, 0.2) is 0 Å². The molecule has 0 spiro atoms. The molecular weight excluding hydrogens is 353 g/mol. The lowest BCUT2D eigenvalue weighted by molar-refractivity contribution is -0.126. The van der Waals surface area contributed by atoms with Crippen molar-refractivity contribution in [1.29, 1.82) is 0 Å². The van der Waals surface area contributed by atoms with E-state index in [1.807, 2.05) is 0 Å². The van der Waals surface area contributed by atoms with Gasteiger partial charge in [0.1, 0.15) is 11.6 Å². The zero-order chi connectivity index (χ0) is 19.4. The van der Waals surface area contributed by atoms with Gasteiger partial charge in [0, 0.05) is 18.5 Å². The Bertz CT molecular complexity index is 870. The summed E-state index contributed by atoms with van der Waals surface area (Å²) < 4.78 is 18.9. The highest BCUT2D eigenvalue weighted by atomic mass is 19.1. The number of anilines is 1. The second kappa shape index (κ2) is 7.86. The molecule has 2 aromatic rings. The average Bonchev–Trinajstić information content (AvgIpc) is 3.08. The van der Waals surface area contributed by atoms with Gasteiger partial charge in [-0.05, 0) is 36.4 Å². The highest BCUT2D eigenvalue weighted by Crippen LogP contribution is 2.27. The number of nitrogens with one attached hydrogen (secondary N) is 2. The lowest BCUT2D eigenvalue weighted by atomic mass is 10.1. The lowest BCUT2D eigenvalue weighted by Gasteiger charge is -2.17. The third-order valence-corrected chi connectivity index (χ3v) is 4.29. The Morgan fingerprint density at radius 1 is 1.11 bits per heavy atom. The molecule has 3 rings (SSSR count). The maximum absolute atomic E-state index is 13.9. The van der Waals surface area contributed by atoms with Gasteiger partial charge in [0.2, 0.25) is 11.8 Å². The highest BCUT2D eigenvalue weighted by Gasteiger charge is 2.36. The summed E-state index contributed by atoms with van der Waals surface area (Å²) in [5.74, 6) is -1.96. The van der Waals surface area contributed by atoms with Crippen molar-refractivity contribution in [2.75, 3.05) is 18.6 Å². The fourth-order valence-electron chi connectivity index (χ4n) is 2.82. The predicted octanol–water partition coefficient (Wildman–Crippen LogP) is 1.65. The van der Waals surface area contributed by atoms with Crippen molar-refractivity contribution in [3.63, 3.8) is 0 Å². The molecule has 1 fully saturated rings. The summed E-state index contributed by atoms with van der Waals surface area (Å²) in [4.78, 5) is 37.7. The van der Waals surface area contributed by atoms with Crippen molar-refractivity contribution >= 4 is 23.4 Å². The number of hydrazine groups is 1. The van der Waals surface area contributed by atoms with Crippen LogP contribution in [0.2, 0.25) is 0 Å². The predicted molar refractivity (Wildman–Crippen MR) is 95.5 cm³/mol. The number of para-hydroxylation sites is 1. The molecule has 1 heterocycles. The number of hydrogen-bond donors (Lipinski definition) is 2. The fourth-order valence-corrected chi connectivity index (χ4v) is 2.82. The molecule has 0 aromatic heterocycles. The first-order valence-corrected chi connectivity index (χ1v) is 8.28. The topological polar surface area (TPSA) is 87.7 Å². The maximum atomic E-state index is 13.9. The third kappa shape index (κ3) is 4.05. The smallest absolute Gasteiger partial charge is 0.269 e. The number of amides is 3. The van der Waals surface area contributed by atoms with Crippen molar-refractivity contribution in [3.8, 4) is 5.75 Å². The minimum absolute atomic E-state index is 0.0456. The van der Waals surface area contributed by atoms with Gasteiger partial charge in [0.25, 0.3) is 5.91 Å². The van der Waals surface area contributed by atoms with Crippen LogP contribution in [0.5, 0.6) is 5.75 Å². The zero-order valence-corrected chi connectivity index (χ0v) is 14.6. The summed E-state index contributed by atoms with van der Waals surface area (Å²) in [6, 6.07) is 12.2. The van der Waals surface area contributed by atoms with E-state index in [1.54, 1.807) is 30.3 Å². The van der Waals surface area contributed by atoms with E-state index >= 15 is 0 Å². The number of methoxy groups -OCH3 is 1. The molecular formula is C19H18FN3O4. The van der Waals surface area contributed by atoms with Crippen LogP contribution in [0.25, 0.3) is 0 Å². The lowest BCUT2D eigenvalue weighted by Crippen LogP contribution is -2.45. The molecule has 0 saturated carbocycles. The number of halogens is 1. The van der Waals surface area contributed by atoms with Crippen molar-refractivity contribution in [3.05, 3.63) is 59.9 Å². The summed E-state index contributed by atoms with van der Waals surface area (Å²) >= 11 is 0. The Labute approximate surface area is 155 Å². The zero-order valence-electron chi connectivity index (χ0n) is 14.6. The first-order valence-electron chi connectivity index (χ1n) is 8.28. The van der Waals surface area contributed by atoms with Gasteiger partial charge in [-0.1, -0.05) is 12.1 Å². The molecule has 0 radical (unpaired) electrons. The van der Waals surface area contributed by atoms with Gasteiger partial charge in [0.05, 0.1) is 18.7 Å². The number of carbonyl (C=O) groups is 3. The number of nitrogens with zero attached hydrogens (tertiary/aromatic N) is 1. The van der Waals surface area contributed by atoms with Gasteiger partial charge in [-0.3, -0.25) is 25.2 Å². The van der Waals surface area contributed by atoms with Gasteiger partial charge in [-0.2, -0.15) is 0 Å².